The summed E-state index contributed by atoms with van der Waals surface area (Å²) in [5.74, 6) is -0.375. The first-order valence-electron chi connectivity index (χ1n) is 11.5. The van der Waals surface area contributed by atoms with Gasteiger partial charge in [0.1, 0.15) is 0 Å². The van der Waals surface area contributed by atoms with Crippen molar-refractivity contribution >= 4 is 46.3 Å². The molecule has 0 spiro atoms. The molecular weight excluding hydrogens is 414 g/mol. The smallest absolute Gasteiger partial charge is 0.266 e. The molecule has 0 saturated heterocycles. The third kappa shape index (κ3) is 2.84. The molecule has 1 atom stereocenters. The second-order valence-corrected chi connectivity index (χ2v) is 8.94. The summed E-state index contributed by atoms with van der Waals surface area (Å²) in [7, 11) is 1.97. The molecule has 2 aromatic heterocycles. The maximum Gasteiger partial charge on any atom is 0.266 e. The van der Waals surface area contributed by atoms with Crippen LogP contribution in [0.4, 0.5) is 5.69 Å². The zero-order valence-corrected chi connectivity index (χ0v) is 18.5. The second kappa shape index (κ2) is 7.46. The molecule has 1 N–H and O–H groups in total. The van der Waals surface area contributed by atoms with Crippen LogP contribution < -0.4 is 4.90 Å². The largest absolute Gasteiger partial charge is 0.396 e. The third-order valence-electron chi connectivity index (χ3n) is 7.06. The minimum Gasteiger partial charge on any atom is -0.396 e. The molecule has 33 heavy (non-hydrogen) atoms. The number of hydrogen-bond acceptors (Lipinski definition) is 3. The number of rotatable bonds is 4. The zero-order valence-electron chi connectivity index (χ0n) is 18.5. The van der Waals surface area contributed by atoms with E-state index in [0.717, 1.165) is 52.7 Å². The van der Waals surface area contributed by atoms with Gasteiger partial charge in [0.25, 0.3) is 11.8 Å². The van der Waals surface area contributed by atoms with Crippen molar-refractivity contribution in [3.63, 3.8) is 0 Å². The monoisotopic (exact) mass is 439 g/mol. The lowest BCUT2D eigenvalue weighted by atomic mass is 9.88. The minimum absolute atomic E-state index is 0.119. The van der Waals surface area contributed by atoms with Gasteiger partial charge in [0, 0.05) is 65.9 Å². The quantitative estimate of drug-likeness (QED) is 0.619. The zero-order chi connectivity index (χ0) is 22.7. The first-order valence-corrected chi connectivity index (χ1v) is 11.5. The van der Waals surface area contributed by atoms with Crippen LogP contribution in [0.3, 0.4) is 0 Å². The number of fused-ring (bicyclic) bond motifs is 4. The summed E-state index contributed by atoms with van der Waals surface area (Å²) in [4.78, 5) is 28.4. The van der Waals surface area contributed by atoms with Crippen LogP contribution >= 0.6 is 0 Å². The van der Waals surface area contributed by atoms with E-state index < -0.39 is 0 Å². The first-order chi connectivity index (χ1) is 16.1. The van der Waals surface area contributed by atoms with Gasteiger partial charge >= 0.3 is 0 Å². The number of aryl methyl sites for hydroxylation is 1. The highest BCUT2D eigenvalue weighted by atomic mass is 16.3. The van der Waals surface area contributed by atoms with Crippen molar-refractivity contribution < 1.29 is 14.7 Å². The van der Waals surface area contributed by atoms with Crippen molar-refractivity contribution in [2.45, 2.75) is 31.6 Å². The highest BCUT2D eigenvalue weighted by Gasteiger charge is 2.39. The van der Waals surface area contributed by atoms with Gasteiger partial charge in [0.05, 0.1) is 16.8 Å². The summed E-state index contributed by atoms with van der Waals surface area (Å²) in [6.07, 6.45) is 14.9. The van der Waals surface area contributed by atoms with E-state index in [2.05, 4.69) is 16.7 Å². The van der Waals surface area contributed by atoms with E-state index in [1.807, 2.05) is 54.4 Å². The van der Waals surface area contributed by atoms with Crippen LogP contribution in [0, 0.1) is 0 Å². The lowest BCUT2D eigenvalue weighted by Gasteiger charge is -2.21. The van der Waals surface area contributed by atoms with Crippen LogP contribution in [-0.4, -0.2) is 32.7 Å². The highest BCUT2D eigenvalue weighted by molar-refractivity contribution is 6.45. The molecule has 0 saturated carbocycles. The number of carbonyl (C=O) groups is 2. The fourth-order valence-corrected chi connectivity index (χ4v) is 5.66. The average molecular weight is 440 g/mol. The molecule has 4 heterocycles. The van der Waals surface area contributed by atoms with E-state index in [1.165, 1.54) is 11.0 Å². The lowest BCUT2D eigenvalue weighted by Crippen LogP contribution is -2.31. The molecule has 2 amide bonds. The van der Waals surface area contributed by atoms with Crippen molar-refractivity contribution in [1.82, 2.24) is 9.13 Å². The Morgan fingerprint density at radius 3 is 2.85 bits per heavy atom. The number of aromatic nitrogens is 2. The molecule has 6 rings (SSSR count). The van der Waals surface area contributed by atoms with Gasteiger partial charge in [-0.1, -0.05) is 36.4 Å². The lowest BCUT2D eigenvalue weighted by molar-refractivity contribution is -0.119. The molecule has 0 fully saturated rings. The van der Waals surface area contributed by atoms with Crippen molar-refractivity contribution in [2.75, 3.05) is 11.5 Å². The molecule has 1 unspecified atom stereocenters. The van der Waals surface area contributed by atoms with E-state index >= 15 is 0 Å². The van der Waals surface area contributed by atoms with Crippen LogP contribution in [0.5, 0.6) is 0 Å². The van der Waals surface area contributed by atoms with E-state index in [-0.39, 0.29) is 24.3 Å². The second-order valence-electron chi connectivity index (χ2n) is 8.94. The van der Waals surface area contributed by atoms with E-state index in [1.54, 1.807) is 0 Å². The Kier molecular flexibility index (Phi) is 4.52. The topological polar surface area (TPSA) is 67.5 Å². The molecule has 1 aromatic carbocycles. The molecule has 0 bridgehead atoms. The summed E-state index contributed by atoms with van der Waals surface area (Å²) < 4.78 is 4.13. The summed E-state index contributed by atoms with van der Waals surface area (Å²) in [6, 6.07) is 7.93. The number of anilines is 1. The average Bonchev–Trinajstić information content (AvgIpc) is 3.44. The number of hydrogen-bond donors (Lipinski definition) is 1. The van der Waals surface area contributed by atoms with Gasteiger partial charge in [0.2, 0.25) is 0 Å². The summed E-state index contributed by atoms with van der Waals surface area (Å²) in [5, 5.41) is 10.4. The Bertz CT molecular complexity index is 1420. The normalized spacial score (nSPS) is 19.4. The Balaban J connectivity index is 1.47. The first kappa shape index (κ1) is 20.0. The number of imide groups is 1. The Labute approximate surface area is 191 Å². The number of aliphatic hydroxyl groups excluding tert-OH is 1. The van der Waals surface area contributed by atoms with E-state index in [0.29, 0.717) is 17.7 Å². The highest BCUT2D eigenvalue weighted by Crippen LogP contribution is 2.43. The number of benzene rings is 1. The Hall–Kier alpha value is -3.64. The predicted molar refractivity (Wildman–Crippen MR) is 130 cm³/mol. The molecule has 3 aromatic rings. The Morgan fingerprint density at radius 1 is 1.15 bits per heavy atom. The van der Waals surface area contributed by atoms with Gasteiger partial charge in [0.15, 0.2) is 0 Å². The van der Waals surface area contributed by atoms with Crippen LogP contribution in [0.2, 0.25) is 0 Å². The number of carbonyl (C=O) groups excluding carboxylic acids is 2. The fourth-order valence-electron chi connectivity index (χ4n) is 5.66. The summed E-state index contributed by atoms with van der Waals surface area (Å²) in [5.41, 5.74) is 5.99. The maximum atomic E-state index is 13.8. The molecule has 3 aliphatic rings. The fraction of sp³-hybridized carbons (Fsp3) is 0.259. The van der Waals surface area contributed by atoms with Crippen molar-refractivity contribution in [1.29, 1.82) is 0 Å². The molecule has 0 radical (unpaired) electrons. The van der Waals surface area contributed by atoms with E-state index in [4.69, 9.17) is 0 Å². The molecule has 6 heteroatoms. The summed E-state index contributed by atoms with van der Waals surface area (Å²) >= 11 is 0. The van der Waals surface area contributed by atoms with Crippen molar-refractivity contribution in [3.8, 4) is 0 Å². The van der Waals surface area contributed by atoms with Gasteiger partial charge < -0.3 is 14.2 Å². The standard InChI is InChI=1S/C27H25N3O3/c1-28-16-21(18-9-6-7-17(12-14-31)25(18)28)20-15-24(32)30(27(20)33)26-19-8-2-3-10-22(19)29-13-5-4-11-23(26)29/h2-3,5-6,8-10,13,15-17,31H,4,7,11-12,14H2,1H3. The van der Waals surface area contributed by atoms with Crippen LogP contribution in [0.15, 0.2) is 48.7 Å². The van der Waals surface area contributed by atoms with Gasteiger partial charge in [-0.3, -0.25) is 9.59 Å². The van der Waals surface area contributed by atoms with Crippen LogP contribution in [0.1, 0.15) is 47.7 Å². The van der Waals surface area contributed by atoms with E-state index in [9.17, 15) is 14.7 Å². The van der Waals surface area contributed by atoms with Crippen LogP contribution in [-0.2, 0) is 23.1 Å². The molecule has 2 aliphatic heterocycles. The van der Waals surface area contributed by atoms with Crippen molar-refractivity contribution in [3.05, 3.63) is 71.2 Å². The molecule has 1 aliphatic carbocycles. The molecular formula is C27H25N3O3. The number of para-hydroxylation sites is 1. The van der Waals surface area contributed by atoms with Crippen LogP contribution in [0.25, 0.3) is 28.8 Å². The predicted octanol–water partition coefficient (Wildman–Crippen LogP) is 4.24. The number of amides is 2. The minimum atomic E-state index is -0.298. The molecule has 166 valence electrons. The SMILES string of the molecule is Cn1cc(C2=CC(=O)N(c3c4n(c5ccccc35)C=CCC4)C2=O)c2c1C(CCO)CC=C2. The van der Waals surface area contributed by atoms with Gasteiger partial charge in [-0.25, -0.2) is 4.90 Å². The molecule has 6 nitrogen and oxygen atoms in total. The number of allylic oxidation sites excluding steroid dienone is 2. The third-order valence-corrected chi connectivity index (χ3v) is 7.06. The van der Waals surface area contributed by atoms with Gasteiger partial charge in [-0.05, 0) is 31.7 Å². The number of nitrogens with zero attached hydrogens (tertiary/aromatic N) is 3. The maximum absolute atomic E-state index is 13.8. The van der Waals surface area contributed by atoms with Crippen molar-refractivity contribution in [2.24, 2.45) is 7.05 Å². The van der Waals surface area contributed by atoms with Gasteiger partial charge in [-0.2, -0.15) is 0 Å². The van der Waals surface area contributed by atoms with Gasteiger partial charge in [-0.15, -0.1) is 0 Å². The summed E-state index contributed by atoms with van der Waals surface area (Å²) in [6.45, 7) is 0.119. The number of aliphatic hydroxyl groups is 1. The Morgan fingerprint density at radius 2 is 2.00 bits per heavy atom.